The van der Waals surface area contributed by atoms with Crippen molar-refractivity contribution < 1.29 is 9.47 Å². The van der Waals surface area contributed by atoms with Gasteiger partial charge < -0.3 is 14.4 Å². The van der Waals surface area contributed by atoms with Crippen LogP contribution in [0.25, 0.3) is 0 Å². The van der Waals surface area contributed by atoms with Crippen molar-refractivity contribution >= 4 is 11.4 Å². The van der Waals surface area contributed by atoms with E-state index >= 15 is 0 Å². The van der Waals surface area contributed by atoms with E-state index in [4.69, 9.17) is 20.9 Å². The van der Waals surface area contributed by atoms with Crippen molar-refractivity contribution in [2.24, 2.45) is 4.99 Å². The molecule has 0 atom stereocenters. The lowest BCUT2D eigenvalue weighted by Gasteiger charge is -2.31. The molecule has 162 valence electrons. The highest BCUT2D eigenvalue weighted by Crippen LogP contribution is 2.33. The van der Waals surface area contributed by atoms with Crippen LogP contribution in [0.1, 0.15) is 42.0 Å². The lowest BCUT2D eigenvalue weighted by Crippen LogP contribution is -2.30. The molecule has 0 N–H and O–H groups in total. The summed E-state index contributed by atoms with van der Waals surface area (Å²) < 4.78 is 11.3. The van der Waals surface area contributed by atoms with Crippen LogP contribution < -0.4 is 14.4 Å². The summed E-state index contributed by atoms with van der Waals surface area (Å²) in [5.74, 6) is 4.64. The smallest absolute Gasteiger partial charge is 0.148 e. The van der Waals surface area contributed by atoms with Gasteiger partial charge >= 0.3 is 0 Å². The number of hydrogen-bond acceptors (Lipinski definition) is 4. The Kier molecular flexibility index (Phi) is 6.47. The van der Waals surface area contributed by atoms with E-state index in [9.17, 15) is 0 Å². The Morgan fingerprint density at radius 1 is 1.06 bits per heavy atom. The molecule has 0 saturated heterocycles. The number of hydrogen-bond donors (Lipinski definition) is 0. The van der Waals surface area contributed by atoms with Crippen molar-refractivity contribution in [3.05, 3.63) is 89.0 Å². The summed E-state index contributed by atoms with van der Waals surface area (Å²) in [6.07, 6.45) is 5.39. The average molecular weight is 425 g/mol. The van der Waals surface area contributed by atoms with Gasteiger partial charge in [-0.25, -0.2) is 0 Å². The molecular formula is C28H28N2O2. The van der Waals surface area contributed by atoms with Crippen LogP contribution in [0.3, 0.4) is 0 Å². The molecular weight excluding hydrogens is 396 g/mol. The third kappa shape index (κ3) is 4.48. The van der Waals surface area contributed by atoms with E-state index in [0.29, 0.717) is 19.1 Å². The zero-order chi connectivity index (χ0) is 22.5. The van der Waals surface area contributed by atoms with Crippen LogP contribution in [0.5, 0.6) is 11.5 Å². The van der Waals surface area contributed by atoms with E-state index < -0.39 is 0 Å². The van der Waals surface area contributed by atoms with Gasteiger partial charge in [-0.3, -0.25) is 4.99 Å². The quantitative estimate of drug-likeness (QED) is 0.460. The molecule has 0 saturated carbocycles. The molecule has 0 bridgehead atoms. The second-order valence-electron chi connectivity index (χ2n) is 8.11. The number of ether oxygens (including phenoxy) is 2. The van der Waals surface area contributed by atoms with Crippen LogP contribution >= 0.6 is 0 Å². The highest BCUT2D eigenvalue weighted by atomic mass is 16.5. The molecule has 4 nitrogen and oxygen atoms in total. The number of fused-ring (bicyclic) bond motifs is 1. The number of aliphatic imine (C=N–C) groups is 1. The molecule has 0 radical (unpaired) electrons. The van der Waals surface area contributed by atoms with Crippen molar-refractivity contribution in [3.8, 4) is 23.8 Å². The summed E-state index contributed by atoms with van der Waals surface area (Å²) in [5.41, 5.74) is 6.65. The molecule has 0 aromatic heterocycles. The minimum atomic E-state index is 0.235. The van der Waals surface area contributed by atoms with Crippen LogP contribution in [-0.4, -0.2) is 26.1 Å². The van der Waals surface area contributed by atoms with Crippen LogP contribution in [0.4, 0.5) is 5.69 Å². The number of benzene rings is 3. The monoisotopic (exact) mass is 424 g/mol. The maximum absolute atomic E-state index is 5.72. The van der Waals surface area contributed by atoms with Gasteiger partial charge in [0.1, 0.15) is 24.8 Å². The second-order valence-corrected chi connectivity index (χ2v) is 8.11. The maximum atomic E-state index is 5.72. The number of nitrogens with zero attached hydrogens (tertiary/aromatic N) is 2. The summed E-state index contributed by atoms with van der Waals surface area (Å²) >= 11 is 0. The van der Waals surface area contributed by atoms with Gasteiger partial charge in [0.2, 0.25) is 0 Å². The zero-order valence-electron chi connectivity index (χ0n) is 18.8. The number of terminal acetylenes is 1. The normalized spacial score (nSPS) is 12.7. The van der Waals surface area contributed by atoms with E-state index in [0.717, 1.165) is 39.6 Å². The first-order chi connectivity index (χ1) is 15.6. The van der Waals surface area contributed by atoms with Crippen molar-refractivity contribution in [2.45, 2.75) is 26.3 Å². The third-order valence-electron chi connectivity index (χ3n) is 5.69. The zero-order valence-corrected chi connectivity index (χ0v) is 18.8. The third-order valence-corrected chi connectivity index (χ3v) is 5.69. The lowest BCUT2D eigenvalue weighted by molar-refractivity contribution is 0.370. The van der Waals surface area contributed by atoms with Gasteiger partial charge in [0.25, 0.3) is 0 Å². The van der Waals surface area contributed by atoms with Crippen LogP contribution in [0, 0.1) is 12.3 Å². The maximum Gasteiger partial charge on any atom is 0.148 e. The van der Waals surface area contributed by atoms with E-state index in [1.165, 1.54) is 5.56 Å². The van der Waals surface area contributed by atoms with Gasteiger partial charge in [-0.1, -0.05) is 62.2 Å². The highest BCUT2D eigenvalue weighted by molar-refractivity contribution is 6.17. The minimum Gasteiger partial charge on any atom is -0.496 e. The largest absolute Gasteiger partial charge is 0.496 e. The molecule has 4 heteroatoms. The summed E-state index contributed by atoms with van der Waals surface area (Å²) in [7, 11) is 1.70. The number of rotatable bonds is 7. The molecule has 4 rings (SSSR count). The van der Waals surface area contributed by atoms with E-state index in [2.05, 4.69) is 61.1 Å². The minimum absolute atomic E-state index is 0.235. The van der Waals surface area contributed by atoms with Crippen LogP contribution in [0.2, 0.25) is 0 Å². The molecule has 3 aromatic rings. The van der Waals surface area contributed by atoms with Crippen molar-refractivity contribution in [3.63, 3.8) is 0 Å². The Hall–Kier alpha value is -3.71. The lowest BCUT2D eigenvalue weighted by atomic mass is 9.95. The van der Waals surface area contributed by atoms with Gasteiger partial charge in [-0.2, -0.15) is 0 Å². The SMILES string of the molecule is C#CCOc1ccc2c(c1)C(c1ccc(C(C)C)cc1)=NCN2Cc1ccccc1OC. The predicted molar refractivity (Wildman–Crippen MR) is 131 cm³/mol. The Morgan fingerprint density at radius 3 is 2.56 bits per heavy atom. The van der Waals surface area contributed by atoms with Crippen molar-refractivity contribution in [1.29, 1.82) is 0 Å². The molecule has 0 unspecified atom stereocenters. The van der Waals surface area contributed by atoms with Crippen molar-refractivity contribution in [1.82, 2.24) is 0 Å². The van der Waals surface area contributed by atoms with Gasteiger partial charge in [0.15, 0.2) is 0 Å². The summed E-state index contributed by atoms with van der Waals surface area (Å²) in [4.78, 5) is 7.23. The predicted octanol–water partition coefficient (Wildman–Crippen LogP) is 5.65. The highest BCUT2D eigenvalue weighted by Gasteiger charge is 2.23. The Balaban J connectivity index is 1.72. The average Bonchev–Trinajstić information content (AvgIpc) is 2.83. The fourth-order valence-corrected chi connectivity index (χ4v) is 3.96. The fraction of sp³-hybridized carbons (Fsp3) is 0.250. The van der Waals surface area contributed by atoms with Gasteiger partial charge in [-0.05, 0) is 35.7 Å². The van der Waals surface area contributed by atoms with Crippen molar-refractivity contribution in [2.75, 3.05) is 25.3 Å². The van der Waals surface area contributed by atoms with E-state index in [-0.39, 0.29) is 6.61 Å². The molecule has 1 aliphatic heterocycles. The number of anilines is 1. The first kappa shape index (κ1) is 21.5. The summed E-state index contributed by atoms with van der Waals surface area (Å²) in [6.45, 7) is 5.90. The van der Waals surface area contributed by atoms with Gasteiger partial charge in [-0.15, -0.1) is 6.42 Å². The standard InChI is InChI=1S/C28H28N2O2/c1-5-16-32-24-14-15-26-25(17-24)28(22-12-10-21(11-13-22)20(2)3)29-19-30(26)18-23-8-6-7-9-27(23)31-4/h1,6-15,17,20H,16,18-19H2,2-4H3. The topological polar surface area (TPSA) is 34.1 Å². The molecule has 32 heavy (non-hydrogen) atoms. The fourth-order valence-electron chi connectivity index (χ4n) is 3.96. The molecule has 1 heterocycles. The molecule has 0 amide bonds. The molecule has 0 fully saturated rings. The van der Waals surface area contributed by atoms with E-state index in [1.54, 1.807) is 7.11 Å². The molecule has 1 aliphatic rings. The van der Waals surface area contributed by atoms with Crippen LogP contribution in [0.15, 0.2) is 71.7 Å². The molecule has 3 aromatic carbocycles. The van der Waals surface area contributed by atoms with E-state index in [1.807, 2.05) is 30.3 Å². The first-order valence-corrected chi connectivity index (χ1v) is 10.8. The van der Waals surface area contributed by atoms with Gasteiger partial charge in [0, 0.05) is 28.9 Å². The van der Waals surface area contributed by atoms with Gasteiger partial charge in [0.05, 0.1) is 12.8 Å². The second kappa shape index (κ2) is 9.62. The summed E-state index contributed by atoms with van der Waals surface area (Å²) in [5, 5.41) is 0. The van der Waals surface area contributed by atoms with Crippen LogP contribution in [-0.2, 0) is 6.54 Å². The number of methoxy groups -OCH3 is 1. The Morgan fingerprint density at radius 2 is 1.84 bits per heavy atom. The summed E-state index contributed by atoms with van der Waals surface area (Å²) in [6, 6.07) is 22.9. The Bertz CT molecular complexity index is 1160. The molecule has 0 aliphatic carbocycles. The first-order valence-electron chi connectivity index (χ1n) is 10.8. The Labute approximate surface area is 190 Å². The molecule has 0 spiro atoms. The number of para-hydroxylation sites is 1.